The van der Waals surface area contributed by atoms with Crippen LogP contribution in [0.15, 0.2) is 66.9 Å². The third kappa shape index (κ3) is 5.24. The van der Waals surface area contributed by atoms with E-state index in [1.165, 1.54) is 5.56 Å². The van der Waals surface area contributed by atoms with E-state index in [-0.39, 0.29) is 12.1 Å². The van der Waals surface area contributed by atoms with Gasteiger partial charge >= 0.3 is 6.03 Å². The molecule has 28 heavy (non-hydrogen) atoms. The summed E-state index contributed by atoms with van der Waals surface area (Å²) in [6.07, 6.45) is 2.36. The molecule has 0 radical (unpaired) electrons. The SMILES string of the molecule is COc1ccc(NC(=O)NC(Cc2ccc(C)cc2)c2ccccn2)cc1Cl. The molecule has 5 nitrogen and oxygen atoms in total. The molecular formula is C22H22ClN3O2. The first-order valence-electron chi connectivity index (χ1n) is 8.92. The summed E-state index contributed by atoms with van der Waals surface area (Å²) in [6.45, 7) is 2.05. The van der Waals surface area contributed by atoms with Gasteiger partial charge in [0.2, 0.25) is 0 Å². The molecule has 1 atom stereocenters. The number of nitrogens with one attached hydrogen (secondary N) is 2. The van der Waals surface area contributed by atoms with Crippen LogP contribution in [0.5, 0.6) is 5.75 Å². The molecule has 3 aromatic rings. The van der Waals surface area contributed by atoms with E-state index in [1.54, 1.807) is 31.5 Å². The van der Waals surface area contributed by atoms with Gasteiger partial charge in [-0.3, -0.25) is 4.98 Å². The molecular weight excluding hydrogens is 374 g/mol. The van der Waals surface area contributed by atoms with Gasteiger partial charge in [-0.15, -0.1) is 0 Å². The minimum absolute atomic E-state index is 0.266. The van der Waals surface area contributed by atoms with E-state index >= 15 is 0 Å². The van der Waals surface area contributed by atoms with Crippen LogP contribution >= 0.6 is 11.6 Å². The summed E-state index contributed by atoms with van der Waals surface area (Å²) in [6, 6.07) is 18.4. The molecule has 1 unspecified atom stereocenters. The van der Waals surface area contributed by atoms with Crippen molar-refractivity contribution >= 4 is 23.3 Å². The molecule has 0 fully saturated rings. The van der Waals surface area contributed by atoms with Crippen molar-refractivity contribution in [2.45, 2.75) is 19.4 Å². The lowest BCUT2D eigenvalue weighted by atomic mass is 10.0. The molecule has 0 aliphatic rings. The van der Waals surface area contributed by atoms with E-state index in [9.17, 15) is 4.79 Å². The van der Waals surface area contributed by atoms with Gasteiger partial charge in [0, 0.05) is 11.9 Å². The first-order valence-corrected chi connectivity index (χ1v) is 9.30. The van der Waals surface area contributed by atoms with E-state index in [1.807, 2.05) is 25.1 Å². The normalized spacial score (nSPS) is 11.5. The Morgan fingerprint density at radius 1 is 1.14 bits per heavy atom. The molecule has 1 aromatic heterocycles. The highest BCUT2D eigenvalue weighted by Crippen LogP contribution is 2.27. The van der Waals surface area contributed by atoms with Gasteiger partial charge in [-0.05, 0) is 49.2 Å². The number of pyridine rings is 1. The van der Waals surface area contributed by atoms with Crippen molar-refractivity contribution in [2.75, 3.05) is 12.4 Å². The number of aromatic nitrogens is 1. The van der Waals surface area contributed by atoms with Crippen molar-refractivity contribution < 1.29 is 9.53 Å². The van der Waals surface area contributed by atoms with Gasteiger partial charge in [-0.2, -0.15) is 0 Å². The largest absolute Gasteiger partial charge is 0.495 e. The molecule has 2 N–H and O–H groups in total. The quantitative estimate of drug-likeness (QED) is 0.606. The zero-order chi connectivity index (χ0) is 19.9. The van der Waals surface area contributed by atoms with Crippen molar-refractivity contribution in [3.05, 3.63) is 88.7 Å². The number of halogens is 1. The lowest BCUT2D eigenvalue weighted by Gasteiger charge is -2.19. The third-order valence-corrected chi connectivity index (χ3v) is 4.62. The number of rotatable bonds is 6. The molecule has 3 rings (SSSR count). The van der Waals surface area contributed by atoms with Crippen LogP contribution in [-0.2, 0) is 6.42 Å². The lowest BCUT2D eigenvalue weighted by Crippen LogP contribution is -2.34. The summed E-state index contributed by atoms with van der Waals surface area (Å²) in [4.78, 5) is 17.0. The number of amides is 2. The second kappa shape index (κ2) is 9.24. The summed E-state index contributed by atoms with van der Waals surface area (Å²) < 4.78 is 5.13. The number of aryl methyl sites for hydroxylation is 1. The molecule has 144 valence electrons. The van der Waals surface area contributed by atoms with Crippen LogP contribution in [-0.4, -0.2) is 18.1 Å². The zero-order valence-electron chi connectivity index (χ0n) is 15.8. The van der Waals surface area contributed by atoms with Crippen LogP contribution in [0.3, 0.4) is 0 Å². The highest BCUT2D eigenvalue weighted by Gasteiger charge is 2.17. The number of ether oxygens (including phenoxy) is 1. The number of hydrogen-bond donors (Lipinski definition) is 2. The van der Waals surface area contributed by atoms with Crippen molar-refractivity contribution in [3.8, 4) is 5.75 Å². The van der Waals surface area contributed by atoms with Gasteiger partial charge in [0.05, 0.1) is 23.9 Å². The van der Waals surface area contributed by atoms with Gasteiger partial charge < -0.3 is 15.4 Å². The first-order chi connectivity index (χ1) is 13.5. The molecule has 2 amide bonds. The fraction of sp³-hybridized carbons (Fsp3) is 0.182. The van der Waals surface area contributed by atoms with Crippen LogP contribution in [0, 0.1) is 6.92 Å². The summed E-state index contributed by atoms with van der Waals surface area (Å²) in [5.74, 6) is 0.554. The zero-order valence-corrected chi connectivity index (χ0v) is 16.5. The molecule has 0 aliphatic heterocycles. The molecule has 0 saturated heterocycles. The van der Waals surface area contributed by atoms with Gasteiger partial charge in [-0.25, -0.2) is 4.79 Å². The summed E-state index contributed by atoms with van der Waals surface area (Å²) in [5, 5.41) is 6.25. The number of urea groups is 1. The number of carbonyl (C=O) groups excluding carboxylic acids is 1. The summed E-state index contributed by atoms with van der Waals surface area (Å²) in [5.41, 5.74) is 3.69. The Morgan fingerprint density at radius 2 is 1.93 bits per heavy atom. The smallest absolute Gasteiger partial charge is 0.319 e. The van der Waals surface area contributed by atoms with E-state index in [0.717, 1.165) is 11.3 Å². The minimum atomic E-state index is -0.330. The van der Waals surface area contributed by atoms with Crippen LogP contribution in [0.25, 0.3) is 0 Å². The maximum absolute atomic E-state index is 12.6. The number of anilines is 1. The highest BCUT2D eigenvalue weighted by molar-refractivity contribution is 6.32. The Kier molecular flexibility index (Phi) is 6.50. The molecule has 2 aromatic carbocycles. The second-order valence-corrected chi connectivity index (χ2v) is 6.85. The van der Waals surface area contributed by atoms with Crippen molar-refractivity contribution in [3.63, 3.8) is 0 Å². The van der Waals surface area contributed by atoms with Gasteiger partial charge in [-0.1, -0.05) is 47.5 Å². The molecule has 0 bridgehead atoms. The maximum atomic E-state index is 12.6. The molecule has 0 spiro atoms. The Balaban J connectivity index is 1.74. The van der Waals surface area contributed by atoms with Gasteiger partial charge in [0.1, 0.15) is 5.75 Å². The maximum Gasteiger partial charge on any atom is 0.319 e. The Bertz CT molecular complexity index is 930. The highest BCUT2D eigenvalue weighted by atomic mass is 35.5. The molecule has 6 heteroatoms. The molecule has 1 heterocycles. The van der Waals surface area contributed by atoms with Crippen molar-refractivity contribution in [1.82, 2.24) is 10.3 Å². The fourth-order valence-corrected chi connectivity index (χ4v) is 3.10. The number of carbonyl (C=O) groups is 1. The standard InChI is InChI=1S/C22H22ClN3O2/c1-15-6-8-16(9-7-15)13-20(19-5-3-4-12-24-19)26-22(27)25-17-10-11-21(28-2)18(23)14-17/h3-12,14,20H,13H2,1-2H3,(H2,25,26,27). The summed E-state index contributed by atoms with van der Waals surface area (Å²) >= 11 is 6.13. The number of hydrogen-bond acceptors (Lipinski definition) is 3. The van der Waals surface area contributed by atoms with Crippen LogP contribution in [0.2, 0.25) is 5.02 Å². The minimum Gasteiger partial charge on any atom is -0.495 e. The monoisotopic (exact) mass is 395 g/mol. The fourth-order valence-electron chi connectivity index (χ4n) is 2.84. The number of nitrogens with zero attached hydrogens (tertiary/aromatic N) is 1. The predicted octanol–water partition coefficient (Wildman–Crippen LogP) is 5.16. The Hall–Kier alpha value is -3.05. The average molecular weight is 396 g/mol. The lowest BCUT2D eigenvalue weighted by molar-refractivity contribution is 0.248. The third-order valence-electron chi connectivity index (χ3n) is 4.32. The second-order valence-electron chi connectivity index (χ2n) is 6.44. The predicted molar refractivity (Wildman–Crippen MR) is 112 cm³/mol. The average Bonchev–Trinajstić information content (AvgIpc) is 2.70. The van der Waals surface area contributed by atoms with E-state index in [2.05, 4.69) is 39.9 Å². The van der Waals surface area contributed by atoms with Crippen molar-refractivity contribution in [2.24, 2.45) is 0 Å². The van der Waals surface area contributed by atoms with E-state index in [4.69, 9.17) is 16.3 Å². The number of methoxy groups -OCH3 is 1. The Morgan fingerprint density at radius 3 is 2.57 bits per heavy atom. The Labute approximate surface area is 169 Å². The number of benzene rings is 2. The van der Waals surface area contributed by atoms with Gasteiger partial charge in [0.25, 0.3) is 0 Å². The summed E-state index contributed by atoms with van der Waals surface area (Å²) in [7, 11) is 1.55. The van der Waals surface area contributed by atoms with E-state index < -0.39 is 0 Å². The topological polar surface area (TPSA) is 63.2 Å². The van der Waals surface area contributed by atoms with Crippen molar-refractivity contribution in [1.29, 1.82) is 0 Å². The van der Waals surface area contributed by atoms with Crippen LogP contribution in [0.1, 0.15) is 22.9 Å². The van der Waals surface area contributed by atoms with E-state index in [0.29, 0.717) is 22.9 Å². The first kappa shape index (κ1) is 19.7. The van der Waals surface area contributed by atoms with Crippen LogP contribution < -0.4 is 15.4 Å². The molecule has 0 aliphatic carbocycles. The molecule has 0 saturated carbocycles. The van der Waals surface area contributed by atoms with Crippen LogP contribution in [0.4, 0.5) is 10.5 Å². The van der Waals surface area contributed by atoms with Gasteiger partial charge in [0.15, 0.2) is 0 Å².